The highest BCUT2D eigenvalue weighted by Crippen LogP contribution is 2.38. The minimum Gasteiger partial charge on any atom is -0.444 e. The molecule has 25 heavy (non-hydrogen) atoms. The maximum atomic E-state index is 12.2. The van der Waals surface area contributed by atoms with E-state index < -0.39 is 5.60 Å². The summed E-state index contributed by atoms with van der Waals surface area (Å²) >= 11 is 0. The number of nitrogens with zero attached hydrogens (tertiary/aromatic N) is 5. The Bertz CT molecular complexity index is 609. The predicted octanol–water partition coefficient (Wildman–Crippen LogP) is 2.52. The summed E-state index contributed by atoms with van der Waals surface area (Å²) in [5, 5.41) is 8.74. The van der Waals surface area contributed by atoms with Gasteiger partial charge in [0, 0.05) is 39.1 Å². The van der Waals surface area contributed by atoms with Crippen molar-refractivity contribution >= 4 is 6.09 Å². The summed E-state index contributed by atoms with van der Waals surface area (Å²) in [4.78, 5) is 16.4. The largest absolute Gasteiger partial charge is 0.444 e. The zero-order valence-corrected chi connectivity index (χ0v) is 16.2. The molecule has 0 spiro atoms. The third-order valence-electron chi connectivity index (χ3n) is 5.09. The minimum absolute atomic E-state index is 0.228. The Morgan fingerprint density at radius 3 is 2.40 bits per heavy atom. The Morgan fingerprint density at radius 1 is 1.20 bits per heavy atom. The molecule has 1 aliphatic carbocycles. The summed E-state index contributed by atoms with van der Waals surface area (Å²) in [5.74, 6) is 2.80. The van der Waals surface area contributed by atoms with Gasteiger partial charge in [-0.15, -0.1) is 10.2 Å². The maximum Gasteiger partial charge on any atom is 0.410 e. The number of aromatic nitrogens is 3. The molecule has 1 saturated heterocycles. The molecular formula is C18H31N5O2. The van der Waals surface area contributed by atoms with Crippen LogP contribution in [0, 0.1) is 0 Å². The first-order chi connectivity index (χ1) is 11.7. The fraction of sp³-hybridized carbons (Fsp3) is 0.833. The molecule has 1 aliphatic heterocycles. The summed E-state index contributed by atoms with van der Waals surface area (Å²) in [6.07, 6.45) is 4.18. The van der Waals surface area contributed by atoms with Gasteiger partial charge in [0.15, 0.2) is 0 Å². The Morgan fingerprint density at radius 2 is 1.84 bits per heavy atom. The van der Waals surface area contributed by atoms with Crippen LogP contribution in [0.1, 0.15) is 64.0 Å². The summed E-state index contributed by atoms with van der Waals surface area (Å²) in [5.41, 5.74) is -0.448. The van der Waals surface area contributed by atoms with Crippen molar-refractivity contribution in [3.05, 3.63) is 11.6 Å². The number of hydrogen-bond donors (Lipinski definition) is 0. The Labute approximate surface area is 150 Å². The van der Waals surface area contributed by atoms with Crippen LogP contribution >= 0.6 is 0 Å². The Hall–Kier alpha value is -1.63. The van der Waals surface area contributed by atoms with Crippen LogP contribution in [0.3, 0.4) is 0 Å². The van der Waals surface area contributed by atoms with Gasteiger partial charge in [-0.3, -0.25) is 4.90 Å². The summed E-state index contributed by atoms with van der Waals surface area (Å²) in [7, 11) is 3.92. The number of amides is 1. The SMILES string of the molecule is CN(C(=O)OC(C)(C)C)C1CCN(Cc2nnc(C3CC3)n2C)CC1. The van der Waals surface area contributed by atoms with Crippen molar-refractivity contribution in [1.82, 2.24) is 24.6 Å². The van der Waals surface area contributed by atoms with Gasteiger partial charge in [-0.1, -0.05) is 0 Å². The van der Waals surface area contributed by atoms with Gasteiger partial charge in [0.05, 0.1) is 6.54 Å². The van der Waals surface area contributed by atoms with E-state index >= 15 is 0 Å². The molecule has 2 heterocycles. The van der Waals surface area contributed by atoms with Gasteiger partial charge in [-0.05, 0) is 46.5 Å². The van der Waals surface area contributed by atoms with E-state index in [1.807, 2.05) is 27.8 Å². The fourth-order valence-electron chi connectivity index (χ4n) is 3.36. The van der Waals surface area contributed by atoms with Crippen LogP contribution < -0.4 is 0 Å². The van der Waals surface area contributed by atoms with E-state index in [9.17, 15) is 4.79 Å². The normalized spacial score (nSPS) is 19.9. The van der Waals surface area contributed by atoms with Crippen LogP contribution in [0.5, 0.6) is 0 Å². The molecular weight excluding hydrogens is 318 g/mol. The van der Waals surface area contributed by atoms with E-state index in [0.717, 1.165) is 44.1 Å². The first-order valence-corrected chi connectivity index (χ1v) is 9.31. The molecule has 1 aromatic heterocycles. The first-order valence-electron chi connectivity index (χ1n) is 9.31. The van der Waals surface area contributed by atoms with Gasteiger partial charge < -0.3 is 14.2 Å². The van der Waals surface area contributed by atoms with Crippen LogP contribution in [0.4, 0.5) is 4.79 Å². The van der Waals surface area contributed by atoms with Gasteiger partial charge in [0.25, 0.3) is 0 Å². The van der Waals surface area contributed by atoms with Gasteiger partial charge in [-0.2, -0.15) is 0 Å². The molecule has 0 unspecified atom stereocenters. The van der Waals surface area contributed by atoms with Gasteiger partial charge in [-0.25, -0.2) is 4.79 Å². The number of piperidine rings is 1. The lowest BCUT2D eigenvalue weighted by molar-refractivity contribution is 0.0147. The lowest BCUT2D eigenvalue weighted by Gasteiger charge is -2.37. The lowest BCUT2D eigenvalue weighted by Crippen LogP contribution is -2.47. The first kappa shape index (κ1) is 18.2. The van der Waals surface area contributed by atoms with Crippen molar-refractivity contribution in [3.63, 3.8) is 0 Å². The predicted molar refractivity (Wildman–Crippen MR) is 95.3 cm³/mol. The van der Waals surface area contributed by atoms with Crippen molar-refractivity contribution in [2.75, 3.05) is 20.1 Å². The van der Waals surface area contributed by atoms with E-state index in [2.05, 4.69) is 26.7 Å². The highest BCUT2D eigenvalue weighted by molar-refractivity contribution is 5.68. The number of likely N-dealkylation sites (tertiary alicyclic amines) is 1. The highest BCUT2D eigenvalue weighted by Gasteiger charge is 2.31. The van der Waals surface area contributed by atoms with Crippen LogP contribution in [0.2, 0.25) is 0 Å². The van der Waals surface area contributed by atoms with Crippen molar-refractivity contribution in [1.29, 1.82) is 0 Å². The molecule has 0 atom stereocenters. The number of carbonyl (C=O) groups excluding carboxylic acids is 1. The molecule has 140 valence electrons. The molecule has 2 aliphatic rings. The molecule has 1 amide bonds. The summed E-state index contributed by atoms with van der Waals surface area (Å²) in [6, 6.07) is 0.243. The highest BCUT2D eigenvalue weighted by atomic mass is 16.6. The van der Waals surface area contributed by atoms with Crippen molar-refractivity contribution < 1.29 is 9.53 Å². The fourth-order valence-corrected chi connectivity index (χ4v) is 3.36. The minimum atomic E-state index is -0.448. The molecule has 7 nitrogen and oxygen atoms in total. The topological polar surface area (TPSA) is 63.5 Å². The van der Waals surface area contributed by atoms with Gasteiger partial charge in [0.1, 0.15) is 17.2 Å². The second kappa shape index (κ2) is 6.94. The van der Waals surface area contributed by atoms with Gasteiger partial charge >= 0.3 is 6.09 Å². The lowest BCUT2D eigenvalue weighted by atomic mass is 10.0. The molecule has 0 radical (unpaired) electrons. The molecule has 1 saturated carbocycles. The van der Waals surface area contributed by atoms with Gasteiger partial charge in [0.2, 0.25) is 0 Å². The number of carbonyl (C=O) groups is 1. The molecule has 0 bridgehead atoms. The maximum absolute atomic E-state index is 12.2. The number of hydrogen-bond acceptors (Lipinski definition) is 5. The zero-order chi connectivity index (χ0) is 18.2. The Kier molecular flexibility index (Phi) is 5.04. The standard InChI is InChI=1S/C18H31N5O2/c1-18(2,3)25-17(24)21(4)14-8-10-23(11-9-14)12-15-19-20-16(22(15)5)13-6-7-13/h13-14H,6-12H2,1-5H3. The average molecular weight is 349 g/mol. The molecule has 0 N–H and O–H groups in total. The Balaban J connectivity index is 1.49. The van der Waals surface area contributed by atoms with E-state index in [4.69, 9.17) is 4.74 Å². The van der Waals surface area contributed by atoms with E-state index in [0.29, 0.717) is 5.92 Å². The molecule has 3 rings (SSSR count). The second-order valence-electron chi connectivity index (χ2n) is 8.41. The molecule has 2 fully saturated rings. The van der Waals surface area contributed by atoms with Crippen LogP contribution in [0.15, 0.2) is 0 Å². The van der Waals surface area contributed by atoms with Crippen molar-refractivity contribution in [3.8, 4) is 0 Å². The van der Waals surface area contributed by atoms with E-state index in [1.54, 1.807) is 4.90 Å². The smallest absolute Gasteiger partial charge is 0.410 e. The molecule has 7 heteroatoms. The summed E-state index contributed by atoms with van der Waals surface area (Å²) < 4.78 is 7.64. The molecule has 1 aromatic rings. The van der Waals surface area contributed by atoms with Crippen LogP contribution in [0.25, 0.3) is 0 Å². The quantitative estimate of drug-likeness (QED) is 0.836. The average Bonchev–Trinajstić information content (AvgIpc) is 3.31. The van der Waals surface area contributed by atoms with E-state index in [-0.39, 0.29) is 12.1 Å². The zero-order valence-electron chi connectivity index (χ0n) is 16.2. The van der Waals surface area contributed by atoms with E-state index in [1.165, 1.54) is 12.8 Å². The monoisotopic (exact) mass is 349 g/mol. The third-order valence-corrected chi connectivity index (χ3v) is 5.09. The van der Waals surface area contributed by atoms with Crippen molar-refractivity contribution in [2.24, 2.45) is 7.05 Å². The third kappa shape index (κ3) is 4.51. The summed E-state index contributed by atoms with van der Waals surface area (Å²) in [6.45, 7) is 8.46. The molecule has 0 aromatic carbocycles. The number of rotatable bonds is 4. The van der Waals surface area contributed by atoms with Crippen LogP contribution in [-0.4, -0.2) is 62.4 Å². The van der Waals surface area contributed by atoms with Crippen LogP contribution in [-0.2, 0) is 18.3 Å². The van der Waals surface area contributed by atoms with Crippen molar-refractivity contribution in [2.45, 2.75) is 70.6 Å². The number of ether oxygens (including phenoxy) is 1. The second-order valence-corrected chi connectivity index (χ2v) is 8.41.